The second-order valence-electron chi connectivity index (χ2n) is 3.60. The minimum absolute atomic E-state index is 0.166. The average Bonchev–Trinajstić information content (AvgIpc) is 2.77. The van der Waals surface area contributed by atoms with Crippen LogP contribution in [0.3, 0.4) is 0 Å². The Morgan fingerprint density at radius 2 is 1.84 bits per heavy atom. The summed E-state index contributed by atoms with van der Waals surface area (Å²) < 4.78 is 28.1. The fourth-order valence-electron chi connectivity index (χ4n) is 1.49. The molecular formula is C11H7F2N3O3. The topological polar surface area (TPSA) is 98.2 Å². The number of primary amides is 1. The Balaban J connectivity index is 2.55. The zero-order valence-electron chi connectivity index (χ0n) is 9.30. The van der Waals surface area contributed by atoms with Gasteiger partial charge < -0.3 is 10.8 Å². The molecule has 2 rings (SSSR count). The zero-order valence-corrected chi connectivity index (χ0v) is 9.30. The number of nitrogens with zero attached hydrogens (tertiary/aromatic N) is 2. The van der Waals surface area contributed by atoms with Crippen molar-refractivity contribution in [1.29, 1.82) is 0 Å². The summed E-state index contributed by atoms with van der Waals surface area (Å²) in [5.41, 5.74) is 3.69. The third-order valence-corrected chi connectivity index (χ3v) is 2.33. The van der Waals surface area contributed by atoms with Crippen molar-refractivity contribution in [1.82, 2.24) is 9.78 Å². The molecule has 1 aromatic heterocycles. The first kappa shape index (κ1) is 12.7. The molecule has 8 heteroatoms. The first-order chi connectivity index (χ1) is 8.90. The van der Waals surface area contributed by atoms with Crippen molar-refractivity contribution in [3.63, 3.8) is 0 Å². The van der Waals surface area contributed by atoms with Gasteiger partial charge in [0.15, 0.2) is 11.6 Å². The predicted octanol–water partition coefficient (Wildman–Crippen LogP) is 0.948. The number of hydrogen-bond acceptors (Lipinski definition) is 3. The van der Waals surface area contributed by atoms with Crippen LogP contribution in [0.1, 0.15) is 20.8 Å². The van der Waals surface area contributed by atoms with E-state index in [1.165, 1.54) is 6.07 Å². The molecule has 98 valence electrons. The molecule has 1 heterocycles. The first-order valence-electron chi connectivity index (χ1n) is 4.98. The highest BCUT2D eigenvalue weighted by atomic mass is 19.1. The van der Waals surface area contributed by atoms with Gasteiger partial charge in [-0.05, 0) is 18.2 Å². The van der Waals surface area contributed by atoms with E-state index in [0.717, 1.165) is 10.9 Å². The summed E-state index contributed by atoms with van der Waals surface area (Å²) in [6, 6.07) is 2.51. The number of carbonyl (C=O) groups excluding carboxylic acids is 1. The normalized spacial score (nSPS) is 10.4. The number of carbonyl (C=O) groups is 2. The van der Waals surface area contributed by atoms with Crippen LogP contribution in [-0.4, -0.2) is 26.8 Å². The minimum atomic E-state index is -1.46. The maximum atomic E-state index is 13.7. The number of rotatable bonds is 3. The van der Waals surface area contributed by atoms with Crippen LogP contribution < -0.4 is 5.73 Å². The summed E-state index contributed by atoms with van der Waals surface area (Å²) in [6.45, 7) is 0. The molecule has 1 amide bonds. The number of halogens is 2. The third kappa shape index (κ3) is 2.28. The Labute approximate surface area is 105 Å². The number of benzene rings is 1. The van der Waals surface area contributed by atoms with Gasteiger partial charge in [0.2, 0.25) is 0 Å². The highest BCUT2D eigenvalue weighted by Gasteiger charge is 2.17. The van der Waals surface area contributed by atoms with E-state index in [1.807, 2.05) is 0 Å². The van der Waals surface area contributed by atoms with E-state index in [9.17, 15) is 18.4 Å². The summed E-state index contributed by atoms with van der Waals surface area (Å²) in [5.74, 6) is -4.53. The van der Waals surface area contributed by atoms with Crippen LogP contribution in [0.2, 0.25) is 0 Å². The number of amides is 1. The maximum Gasteiger partial charge on any atom is 0.335 e. The van der Waals surface area contributed by atoms with Crippen LogP contribution in [0.25, 0.3) is 5.69 Å². The molecule has 19 heavy (non-hydrogen) atoms. The SMILES string of the molecule is NC(=O)c1ccn(-c2c(F)cc(C(=O)O)cc2F)n1. The van der Waals surface area contributed by atoms with E-state index in [-0.39, 0.29) is 5.69 Å². The number of carboxylic acid groups (broad SMARTS) is 1. The molecule has 2 aromatic rings. The molecule has 3 N–H and O–H groups in total. The highest BCUT2D eigenvalue weighted by molar-refractivity contribution is 5.90. The lowest BCUT2D eigenvalue weighted by Crippen LogP contribution is -2.13. The zero-order chi connectivity index (χ0) is 14.2. The molecule has 0 atom stereocenters. The van der Waals surface area contributed by atoms with Gasteiger partial charge in [-0.25, -0.2) is 18.3 Å². The van der Waals surface area contributed by atoms with Crippen molar-refractivity contribution >= 4 is 11.9 Å². The van der Waals surface area contributed by atoms with Gasteiger partial charge in [0.25, 0.3) is 5.91 Å². The Morgan fingerprint density at radius 1 is 1.26 bits per heavy atom. The maximum absolute atomic E-state index is 13.7. The smallest absolute Gasteiger partial charge is 0.335 e. The monoisotopic (exact) mass is 267 g/mol. The first-order valence-corrected chi connectivity index (χ1v) is 4.98. The lowest BCUT2D eigenvalue weighted by Gasteiger charge is -2.06. The summed E-state index contributed by atoms with van der Waals surface area (Å²) in [4.78, 5) is 21.5. The van der Waals surface area contributed by atoms with Crippen LogP contribution in [-0.2, 0) is 0 Å². The van der Waals surface area contributed by atoms with Gasteiger partial charge in [-0.15, -0.1) is 0 Å². The van der Waals surface area contributed by atoms with Crippen molar-refractivity contribution in [2.24, 2.45) is 5.73 Å². The molecule has 0 fully saturated rings. The Morgan fingerprint density at radius 3 is 2.26 bits per heavy atom. The van der Waals surface area contributed by atoms with E-state index in [4.69, 9.17) is 10.8 Å². The third-order valence-electron chi connectivity index (χ3n) is 2.33. The van der Waals surface area contributed by atoms with Gasteiger partial charge in [0.1, 0.15) is 11.4 Å². The Bertz CT molecular complexity index is 659. The Kier molecular flexibility index (Phi) is 2.99. The standard InChI is InChI=1S/C11H7F2N3O3/c12-6-3-5(11(18)19)4-7(13)9(6)16-2-1-8(15-16)10(14)17/h1-4H,(H2,14,17)(H,18,19). The highest BCUT2D eigenvalue weighted by Crippen LogP contribution is 2.19. The van der Waals surface area contributed by atoms with Crippen molar-refractivity contribution in [3.05, 3.63) is 47.3 Å². The molecule has 0 saturated heterocycles. The average molecular weight is 267 g/mol. The molecule has 1 aromatic carbocycles. The molecule has 0 unspecified atom stereocenters. The van der Waals surface area contributed by atoms with Gasteiger partial charge in [-0.1, -0.05) is 0 Å². The van der Waals surface area contributed by atoms with Crippen LogP contribution >= 0.6 is 0 Å². The van der Waals surface area contributed by atoms with Crippen LogP contribution in [0.4, 0.5) is 8.78 Å². The van der Waals surface area contributed by atoms with Gasteiger partial charge in [0.05, 0.1) is 5.56 Å². The molecule has 6 nitrogen and oxygen atoms in total. The van der Waals surface area contributed by atoms with Gasteiger partial charge in [0, 0.05) is 6.20 Å². The van der Waals surface area contributed by atoms with Gasteiger partial charge in [-0.3, -0.25) is 4.79 Å². The van der Waals surface area contributed by atoms with E-state index < -0.39 is 34.8 Å². The lowest BCUT2D eigenvalue weighted by atomic mass is 10.2. The van der Waals surface area contributed by atoms with E-state index in [1.54, 1.807) is 0 Å². The van der Waals surface area contributed by atoms with Gasteiger partial charge >= 0.3 is 5.97 Å². The van der Waals surface area contributed by atoms with Crippen molar-refractivity contribution in [2.45, 2.75) is 0 Å². The molecule has 0 saturated carbocycles. The number of nitrogens with two attached hydrogens (primary N) is 1. The fraction of sp³-hybridized carbons (Fsp3) is 0. The fourth-order valence-corrected chi connectivity index (χ4v) is 1.49. The summed E-state index contributed by atoms with van der Waals surface area (Å²) in [5, 5.41) is 12.2. The molecular weight excluding hydrogens is 260 g/mol. The van der Waals surface area contributed by atoms with Crippen molar-refractivity contribution in [3.8, 4) is 5.69 Å². The summed E-state index contributed by atoms with van der Waals surface area (Å²) in [6.07, 6.45) is 1.14. The van der Waals surface area contributed by atoms with E-state index in [2.05, 4.69) is 5.10 Å². The molecule has 0 aliphatic rings. The van der Waals surface area contributed by atoms with Crippen molar-refractivity contribution < 1.29 is 23.5 Å². The minimum Gasteiger partial charge on any atom is -0.478 e. The van der Waals surface area contributed by atoms with Crippen molar-refractivity contribution in [2.75, 3.05) is 0 Å². The molecule has 0 aliphatic heterocycles. The number of hydrogen-bond donors (Lipinski definition) is 2. The summed E-state index contributed by atoms with van der Waals surface area (Å²) in [7, 11) is 0. The number of carboxylic acids is 1. The predicted molar refractivity (Wildman–Crippen MR) is 59.0 cm³/mol. The lowest BCUT2D eigenvalue weighted by molar-refractivity contribution is 0.0695. The summed E-state index contributed by atoms with van der Waals surface area (Å²) >= 11 is 0. The number of aromatic nitrogens is 2. The molecule has 0 spiro atoms. The van der Waals surface area contributed by atoms with Crippen LogP contribution in [0, 0.1) is 11.6 Å². The molecule has 0 radical (unpaired) electrons. The quantitative estimate of drug-likeness (QED) is 0.864. The van der Waals surface area contributed by atoms with E-state index in [0.29, 0.717) is 12.1 Å². The second-order valence-corrected chi connectivity index (χ2v) is 3.60. The Hall–Kier alpha value is -2.77. The molecule has 0 aliphatic carbocycles. The largest absolute Gasteiger partial charge is 0.478 e. The molecule has 0 bridgehead atoms. The van der Waals surface area contributed by atoms with E-state index >= 15 is 0 Å². The number of aromatic carboxylic acids is 1. The van der Waals surface area contributed by atoms with Crippen LogP contribution in [0.5, 0.6) is 0 Å². The van der Waals surface area contributed by atoms with Crippen LogP contribution in [0.15, 0.2) is 24.4 Å². The van der Waals surface area contributed by atoms with Gasteiger partial charge in [-0.2, -0.15) is 5.10 Å². The second kappa shape index (κ2) is 4.48.